The van der Waals surface area contributed by atoms with Crippen molar-refractivity contribution in [3.8, 4) is 11.1 Å². The molecule has 1 aromatic carbocycles. The Hall–Kier alpha value is -3.05. The van der Waals surface area contributed by atoms with Crippen molar-refractivity contribution in [2.24, 2.45) is 5.73 Å². The third kappa shape index (κ3) is 4.52. The minimum Gasteiger partial charge on any atom is -0.366 e. The third-order valence-corrected chi connectivity index (χ3v) is 5.12. The maximum Gasteiger partial charge on any atom is 0.415 e. The quantitative estimate of drug-likeness (QED) is 0.621. The standard InChI is InChI=1S/C20H19F4N5O2/c21-11-29-9-13(7-26-29)15-6-17(19(25)30)27-16-5-12(1-2-14(15)16)8-28-3-4-31-18(10-28)20(22,23)24/h1-2,5-7,9,18H,3-4,8,10-11H2,(H2,25,30). The monoisotopic (exact) mass is 437 g/mol. The maximum atomic E-state index is 13.0. The van der Waals surface area contributed by atoms with Gasteiger partial charge in [-0.05, 0) is 23.3 Å². The maximum absolute atomic E-state index is 13.0. The van der Waals surface area contributed by atoms with Gasteiger partial charge in [0.25, 0.3) is 5.91 Å². The summed E-state index contributed by atoms with van der Waals surface area (Å²) in [7, 11) is 0. The first kappa shape index (κ1) is 21.2. The van der Waals surface area contributed by atoms with Crippen LogP contribution in [-0.4, -0.2) is 57.5 Å². The zero-order chi connectivity index (χ0) is 22.2. The first-order chi connectivity index (χ1) is 14.7. The molecule has 2 N–H and O–H groups in total. The van der Waals surface area contributed by atoms with Gasteiger partial charge < -0.3 is 10.5 Å². The summed E-state index contributed by atoms with van der Waals surface area (Å²) in [5.74, 6) is -0.729. The van der Waals surface area contributed by atoms with Crippen LogP contribution in [0.25, 0.3) is 22.0 Å². The van der Waals surface area contributed by atoms with Gasteiger partial charge in [0.1, 0.15) is 5.69 Å². The summed E-state index contributed by atoms with van der Waals surface area (Å²) in [6.07, 6.45) is -3.27. The smallest absolute Gasteiger partial charge is 0.366 e. The van der Waals surface area contributed by atoms with Crippen LogP contribution in [0.3, 0.4) is 0 Å². The normalized spacial score (nSPS) is 17.9. The molecule has 1 unspecified atom stereocenters. The van der Waals surface area contributed by atoms with Gasteiger partial charge >= 0.3 is 6.18 Å². The summed E-state index contributed by atoms with van der Waals surface area (Å²) in [5, 5.41) is 4.59. The number of nitrogens with zero attached hydrogens (tertiary/aromatic N) is 4. The fraction of sp³-hybridized carbons (Fsp3) is 0.350. The van der Waals surface area contributed by atoms with Crippen molar-refractivity contribution < 1.29 is 27.1 Å². The van der Waals surface area contributed by atoms with E-state index < -0.39 is 25.0 Å². The van der Waals surface area contributed by atoms with Crippen LogP contribution in [0.15, 0.2) is 36.7 Å². The Bertz CT molecular complexity index is 1110. The fourth-order valence-corrected chi connectivity index (χ4v) is 3.61. The van der Waals surface area contributed by atoms with Crippen molar-refractivity contribution in [1.29, 1.82) is 0 Å². The Morgan fingerprint density at radius 2 is 2.10 bits per heavy atom. The molecule has 2 aromatic heterocycles. The number of pyridine rings is 1. The highest BCUT2D eigenvalue weighted by Crippen LogP contribution is 2.30. The number of hydrogen-bond acceptors (Lipinski definition) is 5. The molecule has 1 amide bonds. The number of carbonyl (C=O) groups is 1. The Morgan fingerprint density at radius 3 is 2.77 bits per heavy atom. The van der Waals surface area contributed by atoms with Crippen LogP contribution in [0.1, 0.15) is 16.1 Å². The highest BCUT2D eigenvalue weighted by atomic mass is 19.4. The number of benzene rings is 1. The molecule has 1 atom stereocenters. The number of amides is 1. The van der Waals surface area contributed by atoms with Gasteiger partial charge in [-0.25, -0.2) is 14.1 Å². The van der Waals surface area contributed by atoms with E-state index in [0.717, 1.165) is 10.2 Å². The lowest BCUT2D eigenvalue weighted by molar-refractivity contribution is -0.237. The second kappa shape index (κ2) is 8.23. The van der Waals surface area contributed by atoms with E-state index in [4.69, 9.17) is 10.5 Å². The molecule has 7 nitrogen and oxygen atoms in total. The van der Waals surface area contributed by atoms with Gasteiger partial charge in [0.15, 0.2) is 12.9 Å². The average Bonchev–Trinajstić information content (AvgIpc) is 3.21. The Labute approximate surface area is 174 Å². The number of hydrogen-bond donors (Lipinski definition) is 1. The largest absolute Gasteiger partial charge is 0.415 e. The lowest BCUT2D eigenvalue weighted by Crippen LogP contribution is -2.48. The van der Waals surface area contributed by atoms with Gasteiger partial charge in [-0.1, -0.05) is 12.1 Å². The summed E-state index contributed by atoms with van der Waals surface area (Å²) in [6, 6.07) is 6.78. The molecule has 1 fully saturated rings. The van der Waals surface area contributed by atoms with E-state index in [1.807, 2.05) is 0 Å². The van der Waals surface area contributed by atoms with Gasteiger partial charge in [0, 0.05) is 36.8 Å². The molecular weight excluding hydrogens is 418 g/mol. The molecule has 0 spiro atoms. The minimum atomic E-state index is -4.42. The highest BCUT2D eigenvalue weighted by molar-refractivity contribution is 6.00. The summed E-state index contributed by atoms with van der Waals surface area (Å²) >= 11 is 0. The Balaban J connectivity index is 1.67. The number of morpholine rings is 1. The second-order valence-electron chi connectivity index (χ2n) is 7.29. The first-order valence-corrected chi connectivity index (χ1v) is 9.47. The summed E-state index contributed by atoms with van der Waals surface area (Å²) in [4.78, 5) is 17.7. The topological polar surface area (TPSA) is 86.3 Å². The van der Waals surface area contributed by atoms with E-state index in [1.54, 1.807) is 23.1 Å². The van der Waals surface area contributed by atoms with E-state index in [-0.39, 0.29) is 25.4 Å². The highest BCUT2D eigenvalue weighted by Gasteiger charge is 2.43. The van der Waals surface area contributed by atoms with Crippen LogP contribution in [0.4, 0.5) is 17.6 Å². The van der Waals surface area contributed by atoms with Crippen LogP contribution < -0.4 is 5.73 Å². The molecule has 164 valence electrons. The molecule has 0 radical (unpaired) electrons. The SMILES string of the molecule is NC(=O)c1cc(-c2cnn(CF)c2)c2ccc(CN3CCOC(C(F)(F)F)C3)cc2n1. The van der Waals surface area contributed by atoms with Crippen LogP contribution in [0, 0.1) is 0 Å². The number of nitrogens with two attached hydrogens (primary N) is 1. The molecule has 4 rings (SSSR count). The zero-order valence-corrected chi connectivity index (χ0v) is 16.3. The molecule has 0 bridgehead atoms. The molecule has 1 aliphatic rings. The fourth-order valence-electron chi connectivity index (χ4n) is 3.61. The number of aromatic nitrogens is 3. The molecule has 1 aliphatic heterocycles. The summed E-state index contributed by atoms with van der Waals surface area (Å²) in [5.41, 5.74) is 7.82. The Morgan fingerprint density at radius 1 is 1.29 bits per heavy atom. The van der Waals surface area contributed by atoms with Crippen LogP contribution in [-0.2, 0) is 18.1 Å². The second-order valence-corrected chi connectivity index (χ2v) is 7.29. The number of fused-ring (bicyclic) bond motifs is 1. The van der Waals surface area contributed by atoms with Crippen molar-refractivity contribution in [1.82, 2.24) is 19.7 Å². The van der Waals surface area contributed by atoms with Gasteiger partial charge in [-0.2, -0.15) is 18.3 Å². The van der Waals surface area contributed by atoms with Crippen LogP contribution in [0.5, 0.6) is 0 Å². The number of rotatable bonds is 5. The van der Waals surface area contributed by atoms with Crippen LogP contribution in [0.2, 0.25) is 0 Å². The Kier molecular flexibility index (Phi) is 5.63. The van der Waals surface area contributed by atoms with Crippen molar-refractivity contribution in [3.05, 3.63) is 47.9 Å². The van der Waals surface area contributed by atoms with Gasteiger partial charge in [-0.3, -0.25) is 9.69 Å². The van der Waals surface area contributed by atoms with Crippen molar-refractivity contribution in [2.45, 2.75) is 25.6 Å². The van der Waals surface area contributed by atoms with Crippen molar-refractivity contribution in [3.63, 3.8) is 0 Å². The molecule has 31 heavy (non-hydrogen) atoms. The number of primary amides is 1. The zero-order valence-electron chi connectivity index (χ0n) is 16.3. The molecule has 11 heteroatoms. The van der Waals surface area contributed by atoms with Gasteiger partial charge in [0.05, 0.1) is 18.3 Å². The van der Waals surface area contributed by atoms with Crippen molar-refractivity contribution >= 4 is 16.8 Å². The predicted octanol–water partition coefficient (Wildman–Crippen LogP) is 2.89. The lowest BCUT2D eigenvalue weighted by atomic mass is 10.0. The van der Waals surface area contributed by atoms with E-state index >= 15 is 0 Å². The van der Waals surface area contributed by atoms with Crippen LogP contribution >= 0.6 is 0 Å². The number of alkyl halides is 4. The van der Waals surface area contributed by atoms with Gasteiger partial charge in [0.2, 0.25) is 0 Å². The molecule has 0 saturated carbocycles. The van der Waals surface area contributed by atoms with E-state index in [0.29, 0.717) is 28.6 Å². The molecule has 3 heterocycles. The molecule has 3 aromatic rings. The number of halogens is 4. The molecular formula is C20H19F4N5O2. The molecule has 1 saturated heterocycles. The average molecular weight is 437 g/mol. The third-order valence-electron chi connectivity index (χ3n) is 5.12. The lowest BCUT2D eigenvalue weighted by Gasteiger charge is -2.33. The summed E-state index contributed by atoms with van der Waals surface area (Å²) in [6.45, 7) is -0.431. The molecule has 0 aliphatic carbocycles. The summed E-state index contributed by atoms with van der Waals surface area (Å²) < 4.78 is 57.8. The minimum absolute atomic E-state index is 0.00938. The van der Waals surface area contributed by atoms with E-state index in [2.05, 4.69) is 10.1 Å². The predicted molar refractivity (Wildman–Crippen MR) is 104 cm³/mol. The van der Waals surface area contributed by atoms with E-state index in [9.17, 15) is 22.4 Å². The van der Waals surface area contributed by atoms with Crippen molar-refractivity contribution in [2.75, 3.05) is 19.7 Å². The van der Waals surface area contributed by atoms with Gasteiger partial charge in [-0.15, -0.1) is 0 Å². The van der Waals surface area contributed by atoms with E-state index in [1.165, 1.54) is 18.5 Å². The first-order valence-electron chi connectivity index (χ1n) is 9.47. The number of ether oxygens (including phenoxy) is 1. The number of carbonyl (C=O) groups excluding carboxylic acids is 1.